The second kappa shape index (κ2) is 17.6. The summed E-state index contributed by atoms with van der Waals surface area (Å²) in [7, 11) is 0. The molecule has 1 saturated heterocycles. The zero-order valence-electron chi connectivity index (χ0n) is 31.4. The van der Waals surface area contributed by atoms with Crippen LogP contribution in [0.4, 0.5) is 0 Å². The fourth-order valence-corrected chi connectivity index (χ4v) is 8.30. The summed E-state index contributed by atoms with van der Waals surface area (Å²) in [5.41, 5.74) is 11.8. The summed E-state index contributed by atoms with van der Waals surface area (Å²) < 4.78 is 5.54. The minimum absolute atomic E-state index is 0.508. The fourth-order valence-electron chi connectivity index (χ4n) is 8.30. The van der Waals surface area contributed by atoms with E-state index < -0.39 is 5.60 Å². The third-order valence-electron chi connectivity index (χ3n) is 11.3. The lowest BCUT2D eigenvalue weighted by Gasteiger charge is -2.32. The number of hydrogen-bond acceptors (Lipinski definition) is 3. The van der Waals surface area contributed by atoms with E-state index in [1.807, 2.05) is 13.8 Å². The average molecular weight is 650 g/mol. The van der Waals surface area contributed by atoms with Crippen molar-refractivity contribution in [2.75, 3.05) is 13.2 Å². The van der Waals surface area contributed by atoms with Crippen molar-refractivity contribution in [1.82, 2.24) is 0 Å². The van der Waals surface area contributed by atoms with E-state index >= 15 is 0 Å². The monoisotopic (exact) mass is 649 g/mol. The summed E-state index contributed by atoms with van der Waals surface area (Å²) in [5, 5.41) is 21.7. The van der Waals surface area contributed by atoms with Crippen LogP contribution in [0.25, 0.3) is 17.2 Å². The highest BCUT2D eigenvalue weighted by molar-refractivity contribution is 5.74. The molecule has 4 atom stereocenters. The SMILES string of the molecule is CC.CCCC(CC)CCC(C)(O)C1=CC(CC)=C(C/C(C)=C/c2cccc(-c3ccc(CC4CCOCC4)c(C#N)c3)c2C)C2CC12. The van der Waals surface area contributed by atoms with Crippen molar-refractivity contribution in [2.24, 2.45) is 23.7 Å². The lowest BCUT2D eigenvalue weighted by Crippen LogP contribution is -2.30. The Balaban J connectivity index is 0.00000255. The van der Waals surface area contributed by atoms with E-state index in [0.717, 1.165) is 80.8 Å². The normalized spacial score (nSPS) is 21.3. The Morgan fingerprint density at radius 2 is 1.83 bits per heavy atom. The summed E-state index contributed by atoms with van der Waals surface area (Å²) >= 11 is 0. The Morgan fingerprint density at radius 1 is 1.08 bits per heavy atom. The summed E-state index contributed by atoms with van der Waals surface area (Å²) in [6, 6.07) is 15.5. The minimum atomic E-state index is -0.705. The molecule has 3 nitrogen and oxygen atoms in total. The zero-order chi connectivity index (χ0) is 34.8. The molecular formula is C45H63NO2. The van der Waals surface area contributed by atoms with Gasteiger partial charge in [-0.15, -0.1) is 0 Å². The van der Waals surface area contributed by atoms with Gasteiger partial charge in [-0.05, 0) is 141 Å². The van der Waals surface area contributed by atoms with Gasteiger partial charge < -0.3 is 9.84 Å². The Labute approximate surface area is 293 Å². The fraction of sp³-hybridized carbons (Fsp3) is 0.578. The molecule has 3 aliphatic rings. The molecule has 2 aromatic rings. The molecule has 260 valence electrons. The number of ether oxygens (including phenoxy) is 1. The van der Waals surface area contributed by atoms with Crippen LogP contribution in [0.5, 0.6) is 0 Å². The lowest BCUT2D eigenvalue weighted by atomic mass is 9.78. The molecule has 0 amide bonds. The lowest BCUT2D eigenvalue weighted by molar-refractivity contribution is 0.0665. The molecule has 5 rings (SSSR count). The first-order valence-electron chi connectivity index (χ1n) is 19.2. The highest BCUT2D eigenvalue weighted by atomic mass is 16.5. The van der Waals surface area contributed by atoms with Gasteiger partial charge in [0.1, 0.15) is 0 Å². The van der Waals surface area contributed by atoms with Crippen LogP contribution >= 0.6 is 0 Å². The van der Waals surface area contributed by atoms with E-state index in [9.17, 15) is 10.4 Å². The molecule has 3 heteroatoms. The van der Waals surface area contributed by atoms with E-state index in [1.54, 1.807) is 5.57 Å². The molecule has 1 heterocycles. The third kappa shape index (κ3) is 9.19. The van der Waals surface area contributed by atoms with Gasteiger partial charge in [-0.25, -0.2) is 0 Å². The maximum absolute atomic E-state index is 11.7. The molecule has 0 spiro atoms. The predicted octanol–water partition coefficient (Wildman–Crippen LogP) is 12.0. The van der Waals surface area contributed by atoms with E-state index in [0.29, 0.717) is 17.8 Å². The second-order valence-electron chi connectivity index (χ2n) is 14.8. The molecule has 2 aromatic carbocycles. The number of aliphatic hydroxyl groups is 1. The first-order valence-corrected chi connectivity index (χ1v) is 19.2. The molecule has 0 aromatic heterocycles. The van der Waals surface area contributed by atoms with Crippen LogP contribution in [0, 0.1) is 41.9 Å². The molecule has 1 aliphatic heterocycles. The van der Waals surface area contributed by atoms with Crippen molar-refractivity contribution >= 4 is 6.08 Å². The Morgan fingerprint density at radius 3 is 2.50 bits per heavy atom. The largest absolute Gasteiger partial charge is 0.386 e. The number of hydrogen-bond donors (Lipinski definition) is 1. The molecule has 1 N–H and O–H groups in total. The maximum Gasteiger partial charge on any atom is 0.0994 e. The maximum atomic E-state index is 11.7. The standard InChI is InChI=1S/C43H57NO2.C2H6/c1-7-11-31(8-2)16-19-43(6,45)42-26-33(9-3)39(40-27-41(40)42)23-29(4)22-34-12-10-13-38(30(34)5)36-15-14-35(37(25-36)28-44)24-32-17-20-46-21-18-32;1-2/h10,12-15,22,25-26,31-32,40-41,45H,7-9,11,16-21,23-24,27H2,1-6H3;1-2H3/b29-22+;. The van der Waals surface area contributed by atoms with Gasteiger partial charge in [0.2, 0.25) is 0 Å². The van der Waals surface area contributed by atoms with Gasteiger partial charge in [0.05, 0.1) is 17.2 Å². The van der Waals surface area contributed by atoms with Crippen LogP contribution in [0.15, 0.2) is 64.8 Å². The summed E-state index contributed by atoms with van der Waals surface area (Å²) in [5.74, 6) is 2.41. The van der Waals surface area contributed by atoms with Crippen LogP contribution in [0.1, 0.15) is 135 Å². The molecule has 1 saturated carbocycles. The van der Waals surface area contributed by atoms with Crippen molar-refractivity contribution in [2.45, 2.75) is 132 Å². The Kier molecular flexibility index (Phi) is 13.9. The smallest absolute Gasteiger partial charge is 0.0994 e. The summed E-state index contributed by atoms with van der Waals surface area (Å²) in [6.07, 6.45) is 16.7. The van der Waals surface area contributed by atoms with Gasteiger partial charge in [-0.1, -0.05) is 108 Å². The quantitative estimate of drug-likeness (QED) is 0.222. The van der Waals surface area contributed by atoms with Crippen molar-refractivity contribution in [3.63, 3.8) is 0 Å². The zero-order valence-corrected chi connectivity index (χ0v) is 31.4. The second-order valence-corrected chi connectivity index (χ2v) is 14.8. The van der Waals surface area contributed by atoms with Crippen molar-refractivity contribution in [3.8, 4) is 17.2 Å². The van der Waals surface area contributed by atoms with E-state index in [1.165, 1.54) is 59.1 Å². The highest BCUT2D eigenvalue weighted by Crippen LogP contribution is 2.58. The highest BCUT2D eigenvalue weighted by Gasteiger charge is 2.49. The number of benzene rings is 2. The number of nitrogens with zero attached hydrogens (tertiary/aromatic N) is 1. The third-order valence-corrected chi connectivity index (χ3v) is 11.3. The van der Waals surface area contributed by atoms with Crippen LogP contribution in [0.3, 0.4) is 0 Å². The number of allylic oxidation sites excluding steroid dienone is 4. The van der Waals surface area contributed by atoms with Crippen LogP contribution in [-0.2, 0) is 11.2 Å². The predicted molar refractivity (Wildman–Crippen MR) is 204 cm³/mol. The van der Waals surface area contributed by atoms with Gasteiger partial charge >= 0.3 is 0 Å². The number of rotatable bonds is 14. The van der Waals surface area contributed by atoms with E-state index in [-0.39, 0.29) is 0 Å². The van der Waals surface area contributed by atoms with Gasteiger partial charge in [0.15, 0.2) is 0 Å². The van der Waals surface area contributed by atoms with Gasteiger partial charge in [-0.3, -0.25) is 0 Å². The van der Waals surface area contributed by atoms with Gasteiger partial charge in [0.25, 0.3) is 0 Å². The van der Waals surface area contributed by atoms with Crippen molar-refractivity contribution in [3.05, 3.63) is 87.0 Å². The molecule has 0 radical (unpaired) electrons. The Hall–Kier alpha value is -2.93. The first kappa shape index (κ1) is 37.9. The number of fused-ring (bicyclic) bond motifs is 1. The van der Waals surface area contributed by atoms with Crippen molar-refractivity contribution < 1.29 is 9.84 Å². The summed E-state index contributed by atoms with van der Waals surface area (Å²) in [4.78, 5) is 0. The molecule has 4 unspecified atom stereocenters. The molecular weight excluding hydrogens is 587 g/mol. The van der Waals surface area contributed by atoms with E-state index in [2.05, 4.69) is 96.2 Å². The van der Waals surface area contributed by atoms with E-state index in [4.69, 9.17) is 4.74 Å². The molecule has 48 heavy (non-hydrogen) atoms. The van der Waals surface area contributed by atoms with Crippen LogP contribution in [-0.4, -0.2) is 23.9 Å². The van der Waals surface area contributed by atoms with Gasteiger partial charge in [-0.2, -0.15) is 5.26 Å². The summed E-state index contributed by atoms with van der Waals surface area (Å²) in [6.45, 7) is 19.1. The number of nitriles is 1. The van der Waals surface area contributed by atoms with Crippen molar-refractivity contribution in [1.29, 1.82) is 5.26 Å². The van der Waals surface area contributed by atoms with Crippen LogP contribution < -0.4 is 0 Å². The average Bonchev–Trinajstić information content (AvgIpc) is 3.90. The first-order chi connectivity index (χ1) is 23.2. The minimum Gasteiger partial charge on any atom is -0.386 e. The topological polar surface area (TPSA) is 53.2 Å². The molecule has 2 fully saturated rings. The molecule has 2 aliphatic carbocycles. The van der Waals surface area contributed by atoms with Gasteiger partial charge in [0, 0.05) is 13.2 Å². The molecule has 0 bridgehead atoms. The van der Waals surface area contributed by atoms with Crippen LogP contribution in [0.2, 0.25) is 0 Å². The Bertz CT molecular complexity index is 1510.